The van der Waals surface area contributed by atoms with Gasteiger partial charge in [-0.2, -0.15) is 0 Å². The van der Waals surface area contributed by atoms with Crippen molar-refractivity contribution in [3.8, 4) is 5.69 Å². The topological polar surface area (TPSA) is 81.7 Å². The standard InChI is InChI=1S/C14H16N6S/c1-9-14(21-10(2)17-9)13(18-15)12-8-16-19-20(12)11-6-4-3-5-7-11/h3-8,13,18H,15H2,1-2H3. The van der Waals surface area contributed by atoms with Crippen LogP contribution >= 0.6 is 11.3 Å². The van der Waals surface area contributed by atoms with E-state index in [1.54, 1.807) is 22.2 Å². The van der Waals surface area contributed by atoms with Crippen molar-refractivity contribution in [3.63, 3.8) is 0 Å². The van der Waals surface area contributed by atoms with Gasteiger partial charge in [0.1, 0.15) is 6.04 Å². The Hall–Kier alpha value is -2.09. The molecule has 7 heteroatoms. The third kappa shape index (κ3) is 2.58. The molecule has 1 atom stereocenters. The normalized spacial score (nSPS) is 12.5. The zero-order valence-electron chi connectivity index (χ0n) is 11.8. The van der Waals surface area contributed by atoms with Crippen LogP contribution in [0.4, 0.5) is 0 Å². The molecule has 0 fully saturated rings. The van der Waals surface area contributed by atoms with Crippen molar-refractivity contribution in [2.24, 2.45) is 5.84 Å². The molecular formula is C14H16N6S. The van der Waals surface area contributed by atoms with Crippen LogP contribution in [0.1, 0.15) is 27.3 Å². The third-order valence-electron chi connectivity index (χ3n) is 3.24. The maximum absolute atomic E-state index is 5.78. The fourth-order valence-corrected chi connectivity index (χ4v) is 3.32. The zero-order chi connectivity index (χ0) is 14.8. The molecule has 1 unspecified atom stereocenters. The Morgan fingerprint density at radius 3 is 2.62 bits per heavy atom. The summed E-state index contributed by atoms with van der Waals surface area (Å²) in [5.74, 6) is 5.78. The van der Waals surface area contributed by atoms with Gasteiger partial charge in [0.2, 0.25) is 0 Å². The van der Waals surface area contributed by atoms with E-state index in [-0.39, 0.29) is 6.04 Å². The first kappa shape index (κ1) is 13.9. The van der Waals surface area contributed by atoms with Crippen LogP contribution in [0.3, 0.4) is 0 Å². The number of hydrazine groups is 1. The highest BCUT2D eigenvalue weighted by molar-refractivity contribution is 7.11. The summed E-state index contributed by atoms with van der Waals surface area (Å²) >= 11 is 1.63. The molecule has 0 bridgehead atoms. The highest BCUT2D eigenvalue weighted by atomic mass is 32.1. The fourth-order valence-electron chi connectivity index (χ4n) is 2.32. The van der Waals surface area contributed by atoms with E-state index in [0.717, 1.165) is 27.0 Å². The lowest BCUT2D eigenvalue weighted by molar-refractivity contribution is 0.600. The van der Waals surface area contributed by atoms with Gasteiger partial charge >= 0.3 is 0 Å². The van der Waals surface area contributed by atoms with Gasteiger partial charge in [-0.05, 0) is 26.0 Å². The number of thiazole rings is 1. The molecule has 0 saturated carbocycles. The Balaban J connectivity index is 2.07. The van der Waals surface area contributed by atoms with Crippen LogP contribution in [0.25, 0.3) is 5.69 Å². The first-order valence-electron chi connectivity index (χ1n) is 6.56. The molecule has 2 aromatic heterocycles. The minimum atomic E-state index is -0.189. The summed E-state index contributed by atoms with van der Waals surface area (Å²) in [4.78, 5) is 5.54. The molecule has 0 radical (unpaired) electrons. The van der Waals surface area contributed by atoms with E-state index in [4.69, 9.17) is 5.84 Å². The number of benzene rings is 1. The average molecular weight is 300 g/mol. The molecule has 0 amide bonds. The van der Waals surface area contributed by atoms with Gasteiger partial charge in [-0.15, -0.1) is 16.4 Å². The summed E-state index contributed by atoms with van der Waals surface area (Å²) in [5.41, 5.74) is 5.66. The number of para-hydroxylation sites is 1. The van der Waals surface area contributed by atoms with Gasteiger partial charge < -0.3 is 0 Å². The lowest BCUT2D eigenvalue weighted by atomic mass is 10.1. The Kier molecular flexibility index (Phi) is 3.78. The van der Waals surface area contributed by atoms with Crippen molar-refractivity contribution in [2.45, 2.75) is 19.9 Å². The first-order chi connectivity index (χ1) is 10.2. The first-order valence-corrected chi connectivity index (χ1v) is 7.38. The number of hydrogen-bond donors (Lipinski definition) is 2. The van der Waals surface area contributed by atoms with Gasteiger partial charge in [-0.25, -0.2) is 15.1 Å². The van der Waals surface area contributed by atoms with Crippen LogP contribution < -0.4 is 11.3 Å². The Morgan fingerprint density at radius 1 is 1.24 bits per heavy atom. The third-order valence-corrected chi connectivity index (χ3v) is 4.38. The molecule has 108 valence electrons. The fraction of sp³-hybridized carbons (Fsp3) is 0.214. The van der Waals surface area contributed by atoms with Crippen molar-refractivity contribution >= 4 is 11.3 Å². The van der Waals surface area contributed by atoms with Gasteiger partial charge in [0, 0.05) is 0 Å². The molecule has 0 spiro atoms. The van der Waals surface area contributed by atoms with Gasteiger partial charge in [0.15, 0.2) is 0 Å². The summed E-state index contributed by atoms with van der Waals surface area (Å²) in [6, 6.07) is 9.68. The maximum Gasteiger partial charge on any atom is 0.101 e. The Labute approximate surface area is 126 Å². The number of nitrogens with two attached hydrogens (primary N) is 1. The monoisotopic (exact) mass is 300 g/mol. The lowest BCUT2D eigenvalue weighted by Crippen LogP contribution is -2.30. The molecule has 21 heavy (non-hydrogen) atoms. The van der Waals surface area contributed by atoms with Gasteiger partial charge in [-0.1, -0.05) is 23.4 Å². The van der Waals surface area contributed by atoms with Crippen molar-refractivity contribution in [1.29, 1.82) is 0 Å². The van der Waals surface area contributed by atoms with Crippen LogP contribution in [0.15, 0.2) is 36.5 Å². The van der Waals surface area contributed by atoms with E-state index < -0.39 is 0 Å². The highest BCUT2D eigenvalue weighted by Gasteiger charge is 2.23. The molecule has 0 saturated heterocycles. The predicted molar refractivity (Wildman–Crippen MR) is 82.1 cm³/mol. The zero-order valence-corrected chi connectivity index (χ0v) is 12.6. The number of rotatable bonds is 4. The minimum absolute atomic E-state index is 0.189. The van der Waals surface area contributed by atoms with E-state index >= 15 is 0 Å². The van der Waals surface area contributed by atoms with E-state index in [1.165, 1.54) is 0 Å². The van der Waals surface area contributed by atoms with Gasteiger partial charge in [-0.3, -0.25) is 5.84 Å². The second-order valence-electron chi connectivity index (χ2n) is 4.69. The Morgan fingerprint density at radius 2 is 2.00 bits per heavy atom. The molecular weight excluding hydrogens is 284 g/mol. The van der Waals surface area contributed by atoms with E-state index in [2.05, 4.69) is 20.7 Å². The molecule has 0 aliphatic rings. The molecule has 6 nitrogen and oxygen atoms in total. The minimum Gasteiger partial charge on any atom is -0.270 e. The van der Waals surface area contributed by atoms with Crippen LogP contribution in [0.2, 0.25) is 0 Å². The quantitative estimate of drug-likeness (QED) is 0.568. The largest absolute Gasteiger partial charge is 0.270 e. The predicted octanol–water partition coefficient (Wildman–Crippen LogP) is 1.89. The molecule has 0 aliphatic heterocycles. The van der Waals surface area contributed by atoms with Crippen LogP contribution in [-0.2, 0) is 0 Å². The number of aryl methyl sites for hydroxylation is 2. The van der Waals surface area contributed by atoms with Gasteiger partial charge in [0.05, 0.1) is 33.2 Å². The SMILES string of the molecule is Cc1nc(C)c(C(NN)c2cnnn2-c2ccccc2)s1. The van der Waals surface area contributed by atoms with Crippen molar-refractivity contribution in [1.82, 2.24) is 25.4 Å². The maximum atomic E-state index is 5.78. The summed E-state index contributed by atoms with van der Waals surface area (Å²) in [5, 5.41) is 9.22. The molecule has 0 aliphatic carbocycles. The summed E-state index contributed by atoms with van der Waals surface area (Å²) in [6.45, 7) is 3.97. The van der Waals surface area contributed by atoms with Crippen LogP contribution in [-0.4, -0.2) is 20.0 Å². The number of aromatic nitrogens is 4. The van der Waals surface area contributed by atoms with E-state index in [9.17, 15) is 0 Å². The van der Waals surface area contributed by atoms with E-state index in [0.29, 0.717) is 0 Å². The highest BCUT2D eigenvalue weighted by Crippen LogP contribution is 2.29. The number of nitrogens with zero attached hydrogens (tertiary/aromatic N) is 4. The second-order valence-corrected chi connectivity index (χ2v) is 5.92. The average Bonchev–Trinajstić information content (AvgIpc) is 3.09. The van der Waals surface area contributed by atoms with Crippen LogP contribution in [0.5, 0.6) is 0 Å². The van der Waals surface area contributed by atoms with E-state index in [1.807, 2.05) is 44.2 Å². The van der Waals surface area contributed by atoms with Crippen molar-refractivity contribution < 1.29 is 0 Å². The molecule has 3 rings (SSSR count). The molecule has 2 heterocycles. The molecule has 3 aromatic rings. The van der Waals surface area contributed by atoms with Crippen molar-refractivity contribution in [2.75, 3.05) is 0 Å². The number of hydrogen-bond acceptors (Lipinski definition) is 6. The molecule has 1 aromatic carbocycles. The number of nitrogens with one attached hydrogen (secondary N) is 1. The molecule has 3 N–H and O–H groups in total. The summed E-state index contributed by atoms with van der Waals surface area (Å²) in [7, 11) is 0. The Bertz CT molecular complexity index is 733. The summed E-state index contributed by atoms with van der Waals surface area (Å²) < 4.78 is 1.79. The lowest BCUT2D eigenvalue weighted by Gasteiger charge is -2.16. The summed E-state index contributed by atoms with van der Waals surface area (Å²) in [6.07, 6.45) is 1.73. The second kappa shape index (κ2) is 5.72. The van der Waals surface area contributed by atoms with Crippen LogP contribution in [0, 0.1) is 13.8 Å². The smallest absolute Gasteiger partial charge is 0.101 e. The van der Waals surface area contributed by atoms with Gasteiger partial charge in [0.25, 0.3) is 0 Å². The van der Waals surface area contributed by atoms with Crippen molar-refractivity contribution in [3.05, 3.63) is 57.8 Å².